The molecule has 2 fully saturated rings. The van der Waals surface area contributed by atoms with E-state index in [4.69, 9.17) is 11.6 Å². The molecular formula is C21H27ClN4OS. The maximum atomic E-state index is 12.5. The van der Waals surface area contributed by atoms with Crippen LogP contribution >= 0.6 is 23.4 Å². The maximum Gasteiger partial charge on any atom is 0.230 e. The standard InChI is InChI=1S/C21H27ClN4OS/c1-3-26-20(15-6-8-17(22)9-7-15)24-25-21(26)28-12-19(27)23-13(2)18-11-14-4-5-16(18)10-14/h6-9,13-14,16,18H,3-5,10-12H2,1-2H3,(H,23,27). The topological polar surface area (TPSA) is 59.8 Å². The Bertz CT molecular complexity index is 837. The summed E-state index contributed by atoms with van der Waals surface area (Å²) >= 11 is 7.43. The lowest BCUT2D eigenvalue weighted by Gasteiger charge is -2.28. The zero-order chi connectivity index (χ0) is 19.7. The monoisotopic (exact) mass is 418 g/mol. The molecule has 7 heteroatoms. The molecule has 0 aliphatic heterocycles. The largest absolute Gasteiger partial charge is 0.353 e. The molecule has 2 aliphatic rings. The van der Waals surface area contributed by atoms with Gasteiger partial charge in [-0.15, -0.1) is 10.2 Å². The summed E-state index contributed by atoms with van der Waals surface area (Å²) in [7, 11) is 0. The van der Waals surface area contributed by atoms with E-state index in [1.807, 2.05) is 28.8 Å². The SMILES string of the molecule is CCn1c(SCC(=O)NC(C)C2CC3CCC2C3)nnc1-c1ccc(Cl)cc1. The molecule has 2 aliphatic carbocycles. The van der Waals surface area contributed by atoms with E-state index in [2.05, 4.69) is 29.4 Å². The predicted molar refractivity (Wildman–Crippen MR) is 113 cm³/mol. The Balaban J connectivity index is 1.35. The van der Waals surface area contributed by atoms with Gasteiger partial charge in [-0.05, 0) is 75.1 Å². The highest BCUT2D eigenvalue weighted by atomic mass is 35.5. The van der Waals surface area contributed by atoms with E-state index in [9.17, 15) is 4.79 Å². The first-order chi connectivity index (χ1) is 13.5. The van der Waals surface area contributed by atoms with Crippen molar-refractivity contribution in [2.45, 2.75) is 57.3 Å². The Morgan fingerprint density at radius 1 is 1.29 bits per heavy atom. The van der Waals surface area contributed by atoms with Gasteiger partial charge in [-0.3, -0.25) is 4.79 Å². The fraction of sp³-hybridized carbons (Fsp3) is 0.571. The van der Waals surface area contributed by atoms with Crippen LogP contribution in [0.2, 0.25) is 5.02 Å². The Kier molecular flexibility index (Phi) is 5.97. The number of amides is 1. The summed E-state index contributed by atoms with van der Waals surface area (Å²) in [5, 5.41) is 13.3. The Morgan fingerprint density at radius 2 is 2.07 bits per heavy atom. The molecule has 0 saturated heterocycles. The van der Waals surface area contributed by atoms with E-state index in [1.165, 1.54) is 37.4 Å². The van der Waals surface area contributed by atoms with Crippen LogP contribution < -0.4 is 5.32 Å². The molecule has 28 heavy (non-hydrogen) atoms. The lowest BCUT2D eigenvalue weighted by Crippen LogP contribution is -2.40. The van der Waals surface area contributed by atoms with Crippen LogP contribution in [0.15, 0.2) is 29.4 Å². The Morgan fingerprint density at radius 3 is 2.71 bits per heavy atom. The second-order valence-electron chi connectivity index (χ2n) is 8.04. The fourth-order valence-corrected chi connectivity index (χ4v) is 5.87. The van der Waals surface area contributed by atoms with Crippen LogP contribution in [0.5, 0.6) is 0 Å². The van der Waals surface area contributed by atoms with Crippen molar-refractivity contribution in [3.8, 4) is 11.4 Å². The molecule has 150 valence electrons. The average molecular weight is 419 g/mol. The maximum absolute atomic E-state index is 12.5. The van der Waals surface area contributed by atoms with Gasteiger partial charge >= 0.3 is 0 Å². The number of carbonyl (C=O) groups is 1. The van der Waals surface area contributed by atoms with Crippen molar-refractivity contribution < 1.29 is 4.79 Å². The van der Waals surface area contributed by atoms with Crippen molar-refractivity contribution in [1.29, 1.82) is 0 Å². The molecule has 2 bridgehead atoms. The minimum absolute atomic E-state index is 0.0824. The highest BCUT2D eigenvalue weighted by molar-refractivity contribution is 7.99. The predicted octanol–water partition coefficient (Wildman–Crippen LogP) is 4.65. The van der Waals surface area contributed by atoms with Crippen molar-refractivity contribution in [2.75, 3.05) is 5.75 Å². The van der Waals surface area contributed by atoms with Crippen LogP contribution in [-0.2, 0) is 11.3 Å². The number of aromatic nitrogens is 3. The van der Waals surface area contributed by atoms with Gasteiger partial charge in [-0.2, -0.15) is 0 Å². The highest BCUT2D eigenvalue weighted by Crippen LogP contribution is 2.49. The summed E-state index contributed by atoms with van der Waals surface area (Å²) in [6.07, 6.45) is 5.39. The molecule has 0 radical (unpaired) electrons. The summed E-state index contributed by atoms with van der Waals surface area (Å²) < 4.78 is 2.04. The summed E-state index contributed by atoms with van der Waals surface area (Å²) in [6, 6.07) is 7.84. The minimum atomic E-state index is 0.0824. The van der Waals surface area contributed by atoms with E-state index in [0.29, 0.717) is 16.7 Å². The molecule has 5 nitrogen and oxygen atoms in total. The number of fused-ring (bicyclic) bond motifs is 2. The summed E-state index contributed by atoms with van der Waals surface area (Å²) in [6.45, 7) is 4.97. The second-order valence-corrected chi connectivity index (χ2v) is 9.42. The molecule has 2 aromatic rings. The van der Waals surface area contributed by atoms with Crippen molar-refractivity contribution in [3.05, 3.63) is 29.3 Å². The van der Waals surface area contributed by atoms with E-state index in [0.717, 1.165) is 34.9 Å². The normalized spacial score (nSPS) is 24.5. The molecule has 1 heterocycles. The van der Waals surface area contributed by atoms with Gasteiger partial charge in [0.1, 0.15) is 0 Å². The fourth-order valence-electron chi connectivity index (χ4n) is 4.93. The van der Waals surface area contributed by atoms with Gasteiger partial charge in [0, 0.05) is 23.2 Å². The highest BCUT2D eigenvalue weighted by Gasteiger charge is 2.42. The van der Waals surface area contributed by atoms with Gasteiger partial charge in [0.05, 0.1) is 5.75 Å². The number of nitrogens with zero attached hydrogens (tertiary/aromatic N) is 3. The molecular weight excluding hydrogens is 392 g/mol. The van der Waals surface area contributed by atoms with Gasteiger partial charge in [0.2, 0.25) is 5.91 Å². The number of carbonyl (C=O) groups excluding carboxylic acids is 1. The van der Waals surface area contributed by atoms with E-state index in [1.54, 1.807) is 0 Å². The molecule has 4 unspecified atom stereocenters. The van der Waals surface area contributed by atoms with Gasteiger partial charge in [0.25, 0.3) is 0 Å². The second kappa shape index (κ2) is 8.46. The van der Waals surface area contributed by atoms with Crippen LogP contribution in [-0.4, -0.2) is 32.5 Å². The van der Waals surface area contributed by atoms with Crippen LogP contribution in [0, 0.1) is 17.8 Å². The number of rotatable bonds is 7. The van der Waals surface area contributed by atoms with Gasteiger partial charge in [0.15, 0.2) is 11.0 Å². The Hall–Kier alpha value is -1.53. The molecule has 4 rings (SSSR count). The summed E-state index contributed by atoms with van der Waals surface area (Å²) in [4.78, 5) is 12.5. The van der Waals surface area contributed by atoms with E-state index in [-0.39, 0.29) is 11.9 Å². The van der Waals surface area contributed by atoms with Crippen LogP contribution in [0.25, 0.3) is 11.4 Å². The molecule has 1 N–H and O–H groups in total. The van der Waals surface area contributed by atoms with Crippen molar-refractivity contribution in [2.24, 2.45) is 17.8 Å². The first kappa shape index (κ1) is 19.8. The van der Waals surface area contributed by atoms with Gasteiger partial charge in [-0.25, -0.2) is 0 Å². The summed E-state index contributed by atoms with van der Waals surface area (Å²) in [5.74, 6) is 3.63. The molecule has 1 aromatic heterocycles. The minimum Gasteiger partial charge on any atom is -0.353 e. The third kappa shape index (κ3) is 4.08. The Labute approximate surface area is 175 Å². The number of hydrogen-bond donors (Lipinski definition) is 1. The smallest absolute Gasteiger partial charge is 0.230 e. The molecule has 2 saturated carbocycles. The first-order valence-electron chi connectivity index (χ1n) is 10.2. The van der Waals surface area contributed by atoms with Gasteiger partial charge in [-0.1, -0.05) is 29.8 Å². The number of halogens is 1. The number of hydrogen-bond acceptors (Lipinski definition) is 4. The quantitative estimate of drug-likeness (QED) is 0.665. The lowest BCUT2D eigenvalue weighted by molar-refractivity contribution is -0.119. The third-order valence-corrected chi connectivity index (χ3v) is 7.51. The van der Waals surface area contributed by atoms with Crippen molar-refractivity contribution >= 4 is 29.3 Å². The summed E-state index contributed by atoms with van der Waals surface area (Å²) in [5.41, 5.74) is 0.972. The number of benzene rings is 1. The van der Waals surface area contributed by atoms with E-state index < -0.39 is 0 Å². The molecule has 0 spiro atoms. The van der Waals surface area contributed by atoms with Crippen LogP contribution in [0.4, 0.5) is 0 Å². The van der Waals surface area contributed by atoms with Crippen LogP contribution in [0.1, 0.15) is 39.5 Å². The molecule has 1 aromatic carbocycles. The van der Waals surface area contributed by atoms with E-state index >= 15 is 0 Å². The van der Waals surface area contributed by atoms with Crippen LogP contribution in [0.3, 0.4) is 0 Å². The van der Waals surface area contributed by atoms with Gasteiger partial charge < -0.3 is 9.88 Å². The third-order valence-electron chi connectivity index (χ3n) is 6.29. The lowest BCUT2D eigenvalue weighted by atomic mass is 9.84. The average Bonchev–Trinajstić information content (AvgIpc) is 3.42. The zero-order valence-electron chi connectivity index (χ0n) is 16.4. The number of nitrogens with one attached hydrogen (secondary N) is 1. The first-order valence-corrected chi connectivity index (χ1v) is 11.5. The zero-order valence-corrected chi connectivity index (χ0v) is 18.0. The van der Waals surface area contributed by atoms with Crippen molar-refractivity contribution in [1.82, 2.24) is 20.1 Å². The molecule has 1 amide bonds. The number of thioether (sulfide) groups is 1. The molecule has 4 atom stereocenters. The van der Waals surface area contributed by atoms with Crippen molar-refractivity contribution in [3.63, 3.8) is 0 Å².